The molecule has 18 heavy (non-hydrogen) atoms. The van der Waals surface area contributed by atoms with E-state index in [1.165, 1.54) is 19.3 Å². The van der Waals surface area contributed by atoms with Gasteiger partial charge in [-0.1, -0.05) is 19.3 Å². The zero-order valence-electron chi connectivity index (χ0n) is 10.2. The molecule has 1 aliphatic rings. The summed E-state index contributed by atoms with van der Waals surface area (Å²) in [6, 6.07) is 5.55. The van der Waals surface area contributed by atoms with Crippen molar-refractivity contribution < 1.29 is 4.79 Å². The van der Waals surface area contributed by atoms with Gasteiger partial charge in [-0.3, -0.25) is 0 Å². The SMILES string of the molecule is Nc1cc(NC(=O)NC2CCCCC2)ccc1Br. The Morgan fingerprint density at radius 1 is 1.28 bits per heavy atom. The van der Waals surface area contributed by atoms with E-state index in [1.807, 2.05) is 12.1 Å². The van der Waals surface area contributed by atoms with E-state index in [0.29, 0.717) is 17.4 Å². The van der Waals surface area contributed by atoms with Crippen LogP contribution in [0.5, 0.6) is 0 Å². The number of carbonyl (C=O) groups is 1. The van der Waals surface area contributed by atoms with Gasteiger partial charge in [0.1, 0.15) is 0 Å². The molecule has 1 aromatic rings. The minimum Gasteiger partial charge on any atom is -0.398 e. The number of amides is 2. The second-order valence-electron chi connectivity index (χ2n) is 4.67. The molecule has 0 heterocycles. The molecular formula is C13H18BrN3O. The lowest BCUT2D eigenvalue weighted by molar-refractivity contribution is 0.244. The number of nitrogens with one attached hydrogen (secondary N) is 2. The molecule has 0 saturated heterocycles. The van der Waals surface area contributed by atoms with Gasteiger partial charge in [-0.25, -0.2) is 4.79 Å². The average molecular weight is 312 g/mol. The third kappa shape index (κ3) is 3.63. The number of rotatable bonds is 2. The Hall–Kier alpha value is -1.23. The van der Waals surface area contributed by atoms with Crippen molar-refractivity contribution in [1.82, 2.24) is 5.32 Å². The second-order valence-corrected chi connectivity index (χ2v) is 5.52. The third-order valence-electron chi connectivity index (χ3n) is 3.19. The van der Waals surface area contributed by atoms with Gasteiger partial charge in [-0.05, 0) is 47.0 Å². The maximum absolute atomic E-state index is 11.8. The number of nitrogen functional groups attached to an aromatic ring is 1. The van der Waals surface area contributed by atoms with Crippen LogP contribution in [0.2, 0.25) is 0 Å². The van der Waals surface area contributed by atoms with E-state index in [2.05, 4.69) is 26.6 Å². The molecule has 1 fully saturated rings. The Labute approximate surface area is 115 Å². The number of benzene rings is 1. The quantitative estimate of drug-likeness (QED) is 0.732. The highest BCUT2D eigenvalue weighted by atomic mass is 79.9. The van der Waals surface area contributed by atoms with E-state index in [0.717, 1.165) is 17.3 Å². The Balaban J connectivity index is 1.88. The van der Waals surface area contributed by atoms with Crippen LogP contribution in [0.1, 0.15) is 32.1 Å². The summed E-state index contributed by atoms with van der Waals surface area (Å²) in [7, 11) is 0. The Bertz CT molecular complexity index is 430. The monoisotopic (exact) mass is 311 g/mol. The lowest BCUT2D eigenvalue weighted by Gasteiger charge is -2.22. The Kier molecular flexibility index (Phi) is 4.47. The maximum atomic E-state index is 11.8. The van der Waals surface area contributed by atoms with E-state index in [4.69, 9.17) is 5.73 Å². The zero-order valence-corrected chi connectivity index (χ0v) is 11.8. The highest BCUT2D eigenvalue weighted by Crippen LogP contribution is 2.23. The lowest BCUT2D eigenvalue weighted by atomic mass is 9.96. The van der Waals surface area contributed by atoms with Crippen molar-refractivity contribution in [1.29, 1.82) is 0 Å². The number of hydrogen-bond donors (Lipinski definition) is 3. The summed E-state index contributed by atoms with van der Waals surface area (Å²) in [4.78, 5) is 11.8. The van der Waals surface area contributed by atoms with Gasteiger partial charge in [0.2, 0.25) is 0 Å². The second kappa shape index (κ2) is 6.09. The van der Waals surface area contributed by atoms with Crippen molar-refractivity contribution in [2.45, 2.75) is 38.1 Å². The molecule has 4 N–H and O–H groups in total. The van der Waals surface area contributed by atoms with Crippen LogP contribution in [0.3, 0.4) is 0 Å². The average Bonchev–Trinajstić information content (AvgIpc) is 2.35. The smallest absolute Gasteiger partial charge is 0.319 e. The molecule has 5 heteroatoms. The largest absolute Gasteiger partial charge is 0.398 e. The van der Waals surface area contributed by atoms with Gasteiger partial charge in [0.15, 0.2) is 0 Å². The van der Waals surface area contributed by atoms with Gasteiger partial charge < -0.3 is 16.4 Å². The van der Waals surface area contributed by atoms with Crippen LogP contribution in [0, 0.1) is 0 Å². The Morgan fingerprint density at radius 3 is 2.67 bits per heavy atom. The highest BCUT2D eigenvalue weighted by molar-refractivity contribution is 9.10. The first-order valence-electron chi connectivity index (χ1n) is 6.27. The van der Waals surface area contributed by atoms with Crippen LogP contribution in [0.25, 0.3) is 0 Å². The fourth-order valence-electron chi connectivity index (χ4n) is 2.22. The van der Waals surface area contributed by atoms with E-state index in [9.17, 15) is 4.79 Å². The normalized spacial score (nSPS) is 16.3. The lowest BCUT2D eigenvalue weighted by Crippen LogP contribution is -2.39. The summed E-state index contributed by atoms with van der Waals surface area (Å²) in [5.41, 5.74) is 7.09. The van der Waals surface area contributed by atoms with E-state index in [-0.39, 0.29) is 6.03 Å². The van der Waals surface area contributed by atoms with Gasteiger partial charge in [-0.2, -0.15) is 0 Å². The minimum absolute atomic E-state index is 0.149. The summed E-state index contributed by atoms with van der Waals surface area (Å²) in [5, 5.41) is 5.81. The number of anilines is 2. The van der Waals surface area contributed by atoms with Crippen molar-refractivity contribution in [2.75, 3.05) is 11.1 Å². The maximum Gasteiger partial charge on any atom is 0.319 e. The third-order valence-corrected chi connectivity index (χ3v) is 3.92. The molecule has 0 bridgehead atoms. The topological polar surface area (TPSA) is 67.1 Å². The van der Waals surface area contributed by atoms with Crippen LogP contribution in [-0.4, -0.2) is 12.1 Å². The van der Waals surface area contributed by atoms with Gasteiger partial charge in [0, 0.05) is 21.9 Å². The number of urea groups is 1. The molecule has 0 spiro atoms. The van der Waals surface area contributed by atoms with E-state index < -0.39 is 0 Å². The summed E-state index contributed by atoms with van der Waals surface area (Å²) < 4.78 is 0.834. The molecule has 2 amide bonds. The molecule has 4 nitrogen and oxygen atoms in total. The number of halogens is 1. The van der Waals surface area contributed by atoms with Crippen LogP contribution < -0.4 is 16.4 Å². The number of nitrogens with two attached hydrogens (primary N) is 1. The summed E-state index contributed by atoms with van der Waals surface area (Å²) >= 11 is 3.32. The summed E-state index contributed by atoms with van der Waals surface area (Å²) in [5.74, 6) is 0. The van der Waals surface area contributed by atoms with Crippen LogP contribution >= 0.6 is 15.9 Å². The van der Waals surface area contributed by atoms with Gasteiger partial charge in [0.25, 0.3) is 0 Å². The molecule has 0 aliphatic heterocycles. The summed E-state index contributed by atoms with van der Waals surface area (Å²) in [6.07, 6.45) is 5.85. The molecule has 2 rings (SSSR count). The molecule has 1 aliphatic carbocycles. The van der Waals surface area contributed by atoms with Gasteiger partial charge >= 0.3 is 6.03 Å². The fourth-order valence-corrected chi connectivity index (χ4v) is 2.47. The zero-order chi connectivity index (χ0) is 13.0. The molecule has 0 atom stereocenters. The molecule has 0 unspecified atom stereocenters. The molecular weight excluding hydrogens is 294 g/mol. The van der Waals surface area contributed by atoms with Crippen molar-refractivity contribution in [3.8, 4) is 0 Å². The minimum atomic E-state index is -0.149. The molecule has 0 radical (unpaired) electrons. The standard InChI is InChI=1S/C13H18BrN3O/c14-11-7-6-10(8-12(11)15)17-13(18)16-9-4-2-1-3-5-9/h6-9H,1-5,15H2,(H2,16,17,18). The van der Waals surface area contributed by atoms with E-state index in [1.54, 1.807) is 6.07 Å². The predicted molar refractivity (Wildman–Crippen MR) is 77.6 cm³/mol. The van der Waals surface area contributed by atoms with Crippen molar-refractivity contribution in [3.63, 3.8) is 0 Å². The predicted octanol–water partition coefficient (Wildman–Crippen LogP) is 3.49. The molecule has 98 valence electrons. The molecule has 1 saturated carbocycles. The molecule has 0 aromatic heterocycles. The van der Waals surface area contributed by atoms with Crippen LogP contribution in [0.4, 0.5) is 16.2 Å². The first-order chi connectivity index (χ1) is 8.65. The van der Waals surface area contributed by atoms with Crippen molar-refractivity contribution in [3.05, 3.63) is 22.7 Å². The summed E-state index contributed by atoms with van der Waals surface area (Å²) in [6.45, 7) is 0. The van der Waals surface area contributed by atoms with E-state index >= 15 is 0 Å². The number of hydrogen-bond acceptors (Lipinski definition) is 2. The van der Waals surface area contributed by atoms with Crippen LogP contribution in [-0.2, 0) is 0 Å². The highest BCUT2D eigenvalue weighted by Gasteiger charge is 2.15. The first kappa shape index (κ1) is 13.2. The van der Waals surface area contributed by atoms with Crippen molar-refractivity contribution in [2.24, 2.45) is 0 Å². The van der Waals surface area contributed by atoms with Crippen LogP contribution in [0.15, 0.2) is 22.7 Å². The number of carbonyl (C=O) groups excluding carboxylic acids is 1. The Morgan fingerprint density at radius 2 is 2.00 bits per heavy atom. The van der Waals surface area contributed by atoms with Gasteiger partial charge in [0.05, 0.1) is 0 Å². The first-order valence-corrected chi connectivity index (χ1v) is 7.07. The molecule has 1 aromatic carbocycles. The van der Waals surface area contributed by atoms with Gasteiger partial charge in [-0.15, -0.1) is 0 Å². The van der Waals surface area contributed by atoms with Crippen molar-refractivity contribution >= 4 is 33.3 Å². The fraction of sp³-hybridized carbons (Fsp3) is 0.462.